The molecule has 0 aromatic carbocycles. The predicted octanol–water partition coefficient (Wildman–Crippen LogP) is 0.124. The molecule has 0 aliphatic carbocycles. The van der Waals surface area contributed by atoms with Crippen LogP contribution in [0.3, 0.4) is 0 Å². The van der Waals surface area contributed by atoms with Gasteiger partial charge >= 0.3 is 12.0 Å². The van der Waals surface area contributed by atoms with Gasteiger partial charge in [0.2, 0.25) is 0 Å². The Morgan fingerprint density at radius 3 is 2.57 bits per heavy atom. The number of rotatable bonds is 4. The van der Waals surface area contributed by atoms with Crippen molar-refractivity contribution in [3.63, 3.8) is 0 Å². The lowest BCUT2D eigenvalue weighted by Gasteiger charge is -2.20. The van der Waals surface area contributed by atoms with Crippen LogP contribution < -0.4 is 5.32 Å². The van der Waals surface area contributed by atoms with E-state index < -0.39 is 18.0 Å². The van der Waals surface area contributed by atoms with Gasteiger partial charge in [0.05, 0.1) is 6.54 Å². The Morgan fingerprint density at radius 1 is 1.64 bits per heavy atom. The number of carbonyl (C=O) groups is 2. The Balaban J connectivity index is 4.18. The fourth-order valence-corrected chi connectivity index (χ4v) is 0.776. The number of hydrogen-bond acceptors (Lipinski definition) is 2. The first kappa shape index (κ1) is 12.3. The van der Waals surface area contributed by atoms with Gasteiger partial charge in [-0.15, -0.1) is 6.42 Å². The molecule has 0 unspecified atom stereocenters. The Bertz CT molecular complexity index is 257. The standard InChI is InChI=1S/C9H14N2O3/c1-4-6-11(5-2)9(14)10-7(3)8(12)13/h1,7H,5-6H2,2-3H3,(H,10,14)(H,12,13)/t7-/m1/s1. The molecule has 5 heteroatoms. The monoisotopic (exact) mass is 198 g/mol. The maximum absolute atomic E-state index is 11.3. The molecule has 78 valence electrons. The van der Waals surface area contributed by atoms with Crippen LogP contribution >= 0.6 is 0 Å². The van der Waals surface area contributed by atoms with Crippen LogP contribution in [0.15, 0.2) is 0 Å². The van der Waals surface area contributed by atoms with E-state index in [0.717, 1.165) is 0 Å². The van der Waals surface area contributed by atoms with Gasteiger partial charge in [0, 0.05) is 6.54 Å². The highest BCUT2D eigenvalue weighted by molar-refractivity contribution is 5.82. The van der Waals surface area contributed by atoms with Crippen molar-refractivity contribution in [3.05, 3.63) is 0 Å². The molecule has 1 atom stereocenters. The van der Waals surface area contributed by atoms with Crippen molar-refractivity contribution >= 4 is 12.0 Å². The van der Waals surface area contributed by atoms with Crippen molar-refractivity contribution in [3.8, 4) is 12.3 Å². The number of nitrogens with zero attached hydrogens (tertiary/aromatic N) is 1. The van der Waals surface area contributed by atoms with Crippen LogP contribution in [0, 0.1) is 12.3 Å². The zero-order valence-corrected chi connectivity index (χ0v) is 8.28. The molecule has 0 aliphatic heterocycles. The summed E-state index contributed by atoms with van der Waals surface area (Å²) >= 11 is 0. The molecular weight excluding hydrogens is 184 g/mol. The minimum absolute atomic E-state index is 0.175. The fourth-order valence-electron chi connectivity index (χ4n) is 0.776. The van der Waals surface area contributed by atoms with Crippen molar-refractivity contribution in [1.29, 1.82) is 0 Å². The Kier molecular flexibility index (Phi) is 5.15. The third-order valence-corrected chi connectivity index (χ3v) is 1.66. The highest BCUT2D eigenvalue weighted by Gasteiger charge is 2.17. The first-order chi connectivity index (χ1) is 6.52. The van der Waals surface area contributed by atoms with E-state index in [9.17, 15) is 9.59 Å². The summed E-state index contributed by atoms with van der Waals surface area (Å²) in [5.41, 5.74) is 0. The topological polar surface area (TPSA) is 69.6 Å². The summed E-state index contributed by atoms with van der Waals surface area (Å²) in [6, 6.07) is -1.37. The molecule has 0 radical (unpaired) electrons. The van der Waals surface area contributed by atoms with Crippen LogP contribution in [0.25, 0.3) is 0 Å². The van der Waals surface area contributed by atoms with Gasteiger partial charge in [0.1, 0.15) is 6.04 Å². The molecule has 0 aliphatic rings. The second-order valence-electron chi connectivity index (χ2n) is 2.73. The third-order valence-electron chi connectivity index (χ3n) is 1.66. The molecule has 2 amide bonds. The van der Waals surface area contributed by atoms with E-state index in [1.54, 1.807) is 6.92 Å². The lowest BCUT2D eigenvalue weighted by Crippen LogP contribution is -2.46. The van der Waals surface area contributed by atoms with Gasteiger partial charge in [-0.05, 0) is 13.8 Å². The van der Waals surface area contributed by atoms with Crippen LogP contribution in [-0.2, 0) is 4.79 Å². The van der Waals surface area contributed by atoms with E-state index in [2.05, 4.69) is 11.2 Å². The number of carboxylic acid groups (broad SMARTS) is 1. The summed E-state index contributed by atoms with van der Waals surface area (Å²) in [6.45, 7) is 3.78. The van der Waals surface area contributed by atoms with Crippen molar-refractivity contribution in [2.24, 2.45) is 0 Å². The first-order valence-corrected chi connectivity index (χ1v) is 4.24. The number of nitrogens with one attached hydrogen (secondary N) is 1. The molecule has 0 fully saturated rings. The molecule has 14 heavy (non-hydrogen) atoms. The summed E-state index contributed by atoms with van der Waals surface area (Å²) < 4.78 is 0. The first-order valence-electron chi connectivity index (χ1n) is 4.24. The van der Waals surface area contributed by atoms with E-state index in [-0.39, 0.29) is 6.54 Å². The minimum Gasteiger partial charge on any atom is -0.480 e. The summed E-state index contributed by atoms with van der Waals surface area (Å²) in [6.07, 6.45) is 5.05. The largest absolute Gasteiger partial charge is 0.480 e. The van der Waals surface area contributed by atoms with E-state index in [4.69, 9.17) is 11.5 Å². The average Bonchev–Trinajstić information content (AvgIpc) is 2.13. The Morgan fingerprint density at radius 2 is 2.21 bits per heavy atom. The predicted molar refractivity (Wildman–Crippen MR) is 51.7 cm³/mol. The number of urea groups is 1. The van der Waals surface area contributed by atoms with Gasteiger partial charge < -0.3 is 15.3 Å². The average molecular weight is 198 g/mol. The Labute approximate surface area is 83.1 Å². The van der Waals surface area contributed by atoms with Crippen LogP contribution in [-0.4, -0.2) is 41.1 Å². The van der Waals surface area contributed by atoms with Crippen LogP contribution in [0.1, 0.15) is 13.8 Å². The number of aliphatic carboxylic acids is 1. The summed E-state index contributed by atoms with van der Waals surface area (Å²) in [4.78, 5) is 23.1. The smallest absolute Gasteiger partial charge is 0.325 e. The van der Waals surface area contributed by atoms with Crippen molar-refractivity contribution in [2.45, 2.75) is 19.9 Å². The van der Waals surface area contributed by atoms with Gasteiger partial charge in [-0.1, -0.05) is 5.92 Å². The van der Waals surface area contributed by atoms with Gasteiger partial charge in [-0.2, -0.15) is 0 Å². The summed E-state index contributed by atoms with van der Waals surface area (Å²) in [5.74, 6) is 1.25. The number of amides is 2. The van der Waals surface area contributed by atoms with Gasteiger partial charge in [0.25, 0.3) is 0 Å². The second kappa shape index (κ2) is 5.86. The number of terminal acetylenes is 1. The van der Waals surface area contributed by atoms with Gasteiger partial charge in [-0.3, -0.25) is 4.79 Å². The zero-order chi connectivity index (χ0) is 11.1. The molecule has 5 nitrogen and oxygen atoms in total. The van der Waals surface area contributed by atoms with Crippen LogP contribution in [0.5, 0.6) is 0 Å². The number of hydrogen-bond donors (Lipinski definition) is 2. The molecule has 0 spiro atoms. The van der Waals surface area contributed by atoms with Crippen LogP contribution in [0.4, 0.5) is 4.79 Å². The quantitative estimate of drug-likeness (QED) is 0.630. The highest BCUT2D eigenvalue weighted by atomic mass is 16.4. The van der Waals surface area contributed by atoms with Gasteiger partial charge in [0.15, 0.2) is 0 Å². The molecule has 0 aromatic heterocycles. The van der Waals surface area contributed by atoms with E-state index in [1.165, 1.54) is 11.8 Å². The summed E-state index contributed by atoms with van der Waals surface area (Å²) in [7, 11) is 0. The molecule has 0 saturated heterocycles. The Hall–Kier alpha value is -1.70. The van der Waals surface area contributed by atoms with Crippen LogP contribution in [0.2, 0.25) is 0 Å². The molecule has 2 N–H and O–H groups in total. The van der Waals surface area contributed by atoms with E-state index >= 15 is 0 Å². The normalized spacial score (nSPS) is 11.2. The fraction of sp³-hybridized carbons (Fsp3) is 0.556. The molecule has 0 bridgehead atoms. The molecular formula is C9H14N2O3. The lowest BCUT2D eigenvalue weighted by molar-refractivity contribution is -0.138. The minimum atomic E-state index is -1.07. The zero-order valence-electron chi connectivity index (χ0n) is 8.28. The second-order valence-corrected chi connectivity index (χ2v) is 2.73. The molecule has 0 heterocycles. The number of carbonyl (C=O) groups excluding carboxylic acids is 1. The molecule has 0 aromatic rings. The SMILES string of the molecule is C#CCN(CC)C(=O)N[C@H](C)C(=O)O. The van der Waals surface area contributed by atoms with Crippen molar-refractivity contribution < 1.29 is 14.7 Å². The lowest BCUT2D eigenvalue weighted by atomic mass is 10.3. The molecule has 0 rings (SSSR count). The van der Waals surface area contributed by atoms with Crippen molar-refractivity contribution in [2.75, 3.05) is 13.1 Å². The highest BCUT2D eigenvalue weighted by Crippen LogP contribution is 1.90. The van der Waals surface area contributed by atoms with Crippen molar-refractivity contribution in [1.82, 2.24) is 10.2 Å². The van der Waals surface area contributed by atoms with E-state index in [1.807, 2.05) is 0 Å². The third kappa shape index (κ3) is 3.81. The molecule has 0 saturated carbocycles. The van der Waals surface area contributed by atoms with E-state index in [0.29, 0.717) is 6.54 Å². The summed E-state index contributed by atoms with van der Waals surface area (Å²) in [5, 5.41) is 10.8. The maximum atomic E-state index is 11.3. The maximum Gasteiger partial charge on any atom is 0.325 e. The van der Waals surface area contributed by atoms with Gasteiger partial charge in [-0.25, -0.2) is 4.79 Å². The number of carboxylic acids is 1.